The monoisotopic (exact) mass is 1410 g/mol. The lowest BCUT2D eigenvalue weighted by Gasteiger charge is -2.29. The lowest BCUT2D eigenvalue weighted by molar-refractivity contribution is -0.139. The third-order valence-corrected chi connectivity index (χ3v) is 16.4. The van der Waals surface area contributed by atoms with Gasteiger partial charge in [0.2, 0.25) is 70.9 Å². The summed E-state index contributed by atoms with van der Waals surface area (Å²) in [5.74, 6) is -9.72. The minimum atomic E-state index is -1.68. The quantitative estimate of drug-likeness (QED) is 0.0189. The molecule has 0 saturated heterocycles. The molecule has 0 radical (unpaired) electrons. The van der Waals surface area contributed by atoms with Crippen molar-refractivity contribution >= 4 is 76.8 Å². The van der Waals surface area contributed by atoms with Gasteiger partial charge in [-0.1, -0.05) is 109 Å². The zero-order chi connectivity index (χ0) is 75.1. The largest absolute Gasteiger partial charge is 0.497 e. The van der Waals surface area contributed by atoms with Crippen molar-refractivity contribution in [3.8, 4) is 5.75 Å². The molecule has 0 spiro atoms. The Morgan fingerprint density at radius 1 is 0.634 bits per heavy atom. The summed E-state index contributed by atoms with van der Waals surface area (Å²) in [7, 11) is 1.53. The number of imidazole rings is 1. The van der Waals surface area contributed by atoms with Crippen LogP contribution in [-0.4, -0.2) is 198 Å². The zero-order valence-electron chi connectivity index (χ0n) is 60.0. The lowest BCUT2D eigenvalue weighted by atomic mass is 9.96. The number of hydrogen-bond acceptors (Lipinski definition) is 17. The second-order valence-electron chi connectivity index (χ2n) is 25.3. The summed E-state index contributed by atoms with van der Waals surface area (Å²) >= 11 is 0. The van der Waals surface area contributed by atoms with E-state index in [-0.39, 0.29) is 43.7 Å². The number of carbonyl (C=O) groups excluding carboxylic acids is 12. The highest BCUT2D eigenvalue weighted by Crippen LogP contribution is 2.17. The third-order valence-electron chi connectivity index (χ3n) is 16.4. The van der Waals surface area contributed by atoms with Crippen LogP contribution in [0.1, 0.15) is 156 Å². The minimum Gasteiger partial charge on any atom is -0.497 e. The first-order chi connectivity index (χ1) is 48.0. The van der Waals surface area contributed by atoms with E-state index in [2.05, 4.69) is 73.4 Å². The van der Waals surface area contributed by atoms with Crippen LogP contribution < -0.4 is 80.4 Å². The number of guanidine groups is 1. The second-order valence-corrected chi connectivity index (χ2v) is 25.3. The van der Waals surface area contributed by atoms with E-state index >= 15 is 0 Å². The smallest absolute Gasteiger partial charge is 0.247 e. The lowest BCUT2D eigenvalue weighted by Crippen LogP contribution is -2.61. The van der Waals surface area contributed by atoms with Gasteiger partial charge in [0, 0.05) is 44.5 Å². The van der Waals surface area contributed by atoms with Crippen LogP contribution in [0.5, 0.6) is 5.75 Å². The molecule has 0 aliphatic carbocycles. The summed E-state index contributed by atoms with van der Waals surface area (Å²) in [6.07, 6.45) is 5.89. The molecule has 2 aromatic carbocycles. The molecular formula is C69H110N18O14. The number of aliphatic hydroxyl groups excluding tert-OH is 1. The number of hydrogen-bond donors (Lipinski definition) is 16. The molecule has 11 atom stereocenters. The number of primary amides is 2. The highest BCUT2D eigenvalue weighted by Gasteiger charge is 2.37. The number of rotatable bonds is 47. The molecule has 0 aliphatic heterocycles. The summed E-state index contributed by atoms with van der Waals surface area (Å²) in [5.41, 5.74) is 19.1. The third kappa shape index (κ3) is 31.6. The first-order valence-electron chi connectivity index (χ1n) is 34.7. The number of amides is 12. The first-order valence-corrected chi connectivity index (χ1v) is 34.7. The van der Waals surface area contributed by atoms with Crippen LogP contribution in [0.2, 0.25) is 0 Å². The highest BCUT2D eigenvalue weighted by atomic mass is 16.5. The van der Waals surface area contributed by atoms with Crippen LogP contribution in [0, 0.1) is 11.8 Å². The van der Waals surface area contributed by atoms with Crippen molar-refractivity contribution in [2.75, 3.05) is 46.4 Å². The van der Waals surface area contributed by atoms with E-state index < -0.39 is 157 Å². The number of aliphatic imine (C=N–C) groups is 1. The number of nitrogens with one attached hydrogen (secondary N) is 12. The van der Waals surface area contributed by atoms with Crippen molar-refractivity contribution in [2.45, 2.75) is 206 Å². The maximum absolute atomic E-state index is 14.3. The molecule has 1 aromatic heterocycles. The van der Waals surface area contributed by atoms with Gasteiger partial charge in [0.15, 0.2) is 5.96 Å². The number of nitrogens with two attached hydrogens (primary N) is 3. The van der Waals surface area contributed by atoms with Crippen LogP contribution in [0.25, 0.3) is 0 Å². The maximum Gasteiger partial charge on any atom is 0.247 e. The Hall–Kier alpha value is -9.72. The molecule has 0 saturated carbocycles. The molecule has 32 nitrogen and oxygen atoms in total. The summed E-state index contributed by atoms with van der Waals surface area (Å²) in [6.45, 7) is 16.1. The van der Waals surface area contributed by atoms with Crippen LogP contribution >= 0.6 is 0 Å². The molecular weight excluding hydrogens is 1300 g/mol. The van der Waals surface area contributed by atoms with E-state index in [1.54, 1.807) is 70.2 Å². The number of ether oxygens (including phenoxy) is 1. The standard InChI is InChI=1S/C69H110N18O14/c1-11-15-16-20-26-50(60(72)92)81-67(99)58(44(9)88)85-64(96)51(34-41(5)6)83-66(98)57(42(7)12-2)84-55(90)38-77-65(97)59(46-23-18-17-19-24-46)86-61(93)43(8)79-62(94)52(35-47-37-73-40-78-47)82-63(95)53(36-54(71)89)80-56(91)39-87(33-31-45-27-29-48(101-10)30-28-45)68(100)49(70)25-21-22-32-76-69(74-13-3)75-14-4/h17-19,23-24,27-30,37,40-44,49-53,57-59,88H,11-16,20-22,25-26,31-36,38-39,70H2,1-10H3,(H2,71,89)(H2,72,92)(H,73,78)(H,77,97)(H,79,94)(H,80,91)(H,81,99)(H,82,95)(H,83,98)(H,84,90)(H,85,96)(H,86,93)(H2,74,75,76)/t42-,43-,44+,49-,50-,51-,52-,53-,57-,58-,59-/m0/s1. The topological polar surface area (TPSA) is 489 Å². The summed E-state index contributed by atoms with van der Waals surface area (Å²) < 4.78 is 5.28. The van der Waals surface area contributed by atoms with Crippen LogP contribution in [-0.2, 0) is 70.4 Å². The van der Waals surface area contributed by atoms with Crippen molar-refractivity contribution in [1.29, 1.82) is 0 Å². The number of methoxy groups -OCH3 is 1. The van der Waals surface area contributed by atoms with Crippen molar-refractivity contribution < 1.29 is 67.4 Å². The fraction of sp³-hybridized carbons (Fsp3) is 0.594. The van der Waals surface area contributed by atoms with Gasteiger partial charge in [-0.3, -0.25) is 62.5 Å². The molecule has 0 fully saturated rings. The fourth-order valence-corrected chi connectivity index (χ4v) is 10.5. The van der Waals surface area contributed by atoms with Gasteiger partial charge in [-0.2, -0.15) is 0 Å². The predicted octanol–water partition coefficient (Wildman–Crippen LogP) is -0.704. The van der Waals surface area contributed by atoms with Crippen molar-refractivity contribution in [3.05, 3.63) is 83.9 Å². The second kappa shape index (κ2) is 45.8. The number of unbranched alkanes of at least 4 members (excludes halogenated alkanes) is 4. The molecule has 32 heteroatoms. The van der Waals surface area contributed by atoms with Gasteiger partial charge in [0.05, 0.1) is 45.1 Å². The van der Waals surface area contributed by atoms with E-state index in [9.17, 15) is 62.6 Å². The zero-order valence-corrected chi connectivity index (χ0v) is 60.0. The van der Waals surface area contributed by atoms with Gasteiger partial charge in [0.25, 0.3) is 0 Å². The van der Waals surface area contributed by atoms with E-state index in [1.807, 2.05) is 20.8 Å². The Balaban J connectivity index is 1.79. The SMILES string of the molecule is CCCCCC[C@H](NC(=O)[C@@H](NC(=O)[C@H](CC(C)C)NC(=O)[C@@H](NC(=O)CNC(=O)[C@@H](NC(=O)[C@H](C)NC(=O)[C@H](Cc1cnc[nH]1)NC(=O)[C@H](CC(N)=O)NC(=O)CN(CCc1ccc(OC)cc1)C(=O)[C@@H](N)CCCCN=C(NCC)NCC)c1ccccc1)[C@@H](C)CC)[C@@H](C)O)C(N)=O. The van der Waals surface area contributed by atoms with Crippen LogP contribution in [0.15, 0.2) is 72.1 Å². The normalized spacial score (nSPS) is 14.3. The van der Waals surface area contributed by atoms with Crippen LogP contribution in [0.3, 0.4) is 0 Å². The number of carbonyl (C=O) groups is 12. The minimum absolute atomic E-state index is 0.0274. The molecule has 3 rings (SSSR count). The Morgan fingerprint density at radius 3 is 1.84 bits per heavy atom. The van der Waals surface area contributed by atoms with E-state index in [4.69, 9.17) is 21.9 Å². The first kappa shape index (κ1) is 85.5. The average Bonchev–Trinajstić information content (AvgIpc) is 1.34. The average molecular weight is 1420 g/mol. The molecule has 0 bridgehead atoms. The van der Waals surface area contributed by atoms with Crippen molar-refractivity contribution in [2.24, 2.45) is 34.0 Å². The van der Waals surface area contributed by atoms with Gasteiger partial charge < -0.3 is 95.4 Å². The van der Waals surface area contributed by atoms with Gasteiger partial charge in [-0.05, 0) is 101 Å². The van der Waals surface area contributed by atoms with Gasteiger partial charge >= 0.3 is 0 Å². The number of aromatic nitrogens is 2. The molecule has 3 aromatic rings. The molecule has 1 heterocycles. The maximum atomic E-state index is 14.3. The number of aromatic amines is 1. The van der Waals surface area contributed by atoms with Gasteiger partial charge in [-0.25, -0.2) is 4.98 Å². The van der Waals surface area contributed by atoms with Crippen LogP contribution in [0.4, 0.5) is 0 Å². The predicted molar refractivity (Wildman–Crippen MR) is 379 cm³/mol. The van der Waals surface area contributed by atoms with E-state index in [1.165, 1.54) is 50.5 Å². The summed E-state index contributed by atoms with van der Waals surface area (Å²) in [5, 5.41) is 40.0. The number of H-pyrrole nitrogens is 1. The number of aliphatic hydroxyl groups is 1. The Bertz CT molecular complexity index is 3150. The van der Waals surface area contributed by atoms with Gasteiger partial charge in [-0.15, -0.1) is 0 Å². The molecule has 0 unspecified atom stereocenters. The Kier molecular flexibility index (Phi) is 38.8. The molecule has 0 aliphatic rings. The van der Waals surface area contributed by atoms with E-state index in [0.29, 0.717) is 69.1 Å². The summed E-state index contributed by atoms with van der Waals surface area (Å²) in [4.78, 5) is 177. The number of benzene rings is 2. The Morgan fingerprint density at radius 2 is 1.26 bits per heavy atom. The fourth-order valence-electron chi connectivity index (χ4n) is 10.5. The molecule has 19 N–H and O–H groups in total. The molecule has 101 heavy (non-hydrogen) atoms. The Labute approximate surface area is 591 Å². The molecule has 12 amide bonds. The van der Waals surface area contributed by atoms with Gasteiger partial charge in [0.1, 0.15) is 54.1 Å². The van der Waals surface area contributed by atoms with E-state index in [0.717, 1.165) is 24.8 Å². The summed E-state index contributed by atoms with van der Waals surface area (Å²) in [6, 6.07) is 2.72. The number of nitrogens with zero attached hydrogens (tertiary/aromatic N) is 3. The van der Waals surface area contributed by atoms with Crippen molar-refractivity contribution in [1.82, 2.24) is 73.4 Å². The highest BCUT2D eigenvalue weighted by molar-refractivity contribution is 5.99. The molecule has 560 valence electrons. The van der Waals surface area contributed by atoms with Crippen molar-refractivity contribution in [3.63, 3.8) is 0 Å².